The molecule has 1 heterocycles. The summed E-state index contributed by atoms with van der Waals surface area (Å²) in [5, 5.41) is 0. The maximum Gasteiger partial charge on any atom is 0.161 e. The first-order valence-corrected chi connectivity index (χ1v) is 54.0. The number of benzene rings is 6. The van der Waals surface area contributed by atoms with Gasteiger partial charge in [0.2, 0.25) is 0 Å². The lowest BCUT2D eigenvalue weighted by atomic mass is 9.93. The number of unbranched alkanes of at least 4 members (excludes halogenated alkanes) is 48. The average Bonchev–Trinajstić information content (AvgIpc) is 0.779. The van der Waals surface area contributed by atoms with Gasteiger partial charge in [0.25, 0.3) is 0 Å². The van der Waals surface area contributed by atoms with Crippen LogP contribution in [0.4, 0.5) is 0 Å². The Hall–Kier alpha value is -7.16. The van der Waals surface area contributed by atoms with Gasteiger partial charge in [-0.2, -0.15) is 0 Å². The van der Waals surface area contributed by atoms with Crippen LogP contribution in [-0.2, 0) is 9.47 Å². The van der Waals surface area contributed by atoms with Crippen LogP contribution < -0.4 is 56.8 Å². The van der Waals surface area contributed by atoms with Crippen molar-refractivity contribution in [1.29, 1.82) is 0 Å². The standard InChI is InChI=1S/C116H184O14/c1-9-17-25-33-41-49-57-73-119-105-69-65-97(89-109(105)123-77-61-53-45-37-29-21-13-5)101-93-113-114(94-102(101)98-66-70-106(120-74-58-50-42-34-26-18-10-2)110(90-98)124-78-62-54-46-38-30-22-14-6)128-86-82-118-84-88-130-116-96-104(100-68-72-108(122-76-60-52-44-36-28-20-12-4)112(92-100)126-80-64-56-48-40-32-24-16-8)103(95-115(116)129-87-83-117-81-85-127-113)99-67-71-107(121-75-59-51-43-35-27-19-11-3)111(91-99)125-79-63-55-47-39-31-23-15-7/h65-72,89-96H,9-64,73-88H2,1-8H3. The molecule has 0 spiro atoms. The van der Waals surface area contributed by atoms with E-state index in [0.29, 0.717) is 75.9 Å². The van der Waals surface area contributed by atoms with Gasteiger partial charge in [-0.05, 0) is 169 Å². The zero-order valence-electron chi connectivity index (χ0n) is 83.9. The molecule has 7 rings (SSSR count). The van der Waals surface area contributed by atoms with E-state index >= 15 is 0 Å². The number of rotatable bonds is 76. The van der Waals surface area contributed by atoms with Crippen LogP contribution in [0.2, 0.25) is 0 Å². The maximum atomic E-state index is 6.93. The summed E-state index contributed by atoms with van der Waals surface area (Å²) < 4.78 is 95.1. The molecule has 0 saturated heterocycles. The first-order chi connectivity index (χ1) is 64.4. The summed E-state index contributed by atoms with van der Waals surface area (Å²) in [4.78, 5) is 0. The molecule has 0 amide bonds. The van der Waals surface area contributed by atoms with Crippen LogP contribution in [0, 0.1) is 0 Å². The predicted octanol–water partition coefficient (Wildman–Crippen LogP) is 34.7. The van der Waals surface area contributed by atoms with E-state index < -0.39 is 0 Å². The molecule has 732 valence electrons. The van der Waals surface area contributed by atoms with E-state index in [4.69, 9.17) is 66.3 Å². The molecule has 0 N–H and O–H groups in total. The number of ether oxygens (including phenoxy) is 14. The molecule has 6 aromatic carbocycles. The first-order valence-electron chi connectivity index (χ1n) is 54.0. The molecule has 0 saturated carbocycles. The topological polar surface area (TPSA) is 129 Å². The Kier molecular flexibility index (Phi) is 62.7. The molecule has 1 aliphatic heterocycles. The van der Waals surface area contributed by atoms with Crippen LogP contribution in [-0.4, -0.2) is 106 Å². The van der Waals surface area contributed by atoms with E-state index in [1.54, 1.807) is 0 Å². The monoisotopic (exact) mass is 1800 g/mol. The second-order valence-corrected chi connectivity index (χ2v) is 36.7. The van der Waals surface area contributed by atoms with Gasteiger partial charge >= 0.3 is 0 Å². The summed E-state index contributed by atoms with van der Waals surface area (Å²) in [5.74, 6) is 8.42. The highest BCUT2D eigenvalue weighted by atomic mass is 16.6. The fraction of sp³-hybridized carbons (Fsp3) is 0.690. The molecular weight excluding hydrogens is 1620 g/mol. The smallest absolute Gasteiger partial charge is 0.161 e. The van der Waals surface area contributed by atoms with E-state index in [-0.39, 0.29) is 52.9 Å². The molecule has 0 radical (unpaired) electrons. The van der Waals surface area contributed by atoms with Crippen LogP contribution >= 0.6 is 0 Å². The molecule has 130 heavy (non-hydrogen) atoms. The largest absolute Gasteiger partial charge is 0.490 e. The lowest BCUT2D eigenvalue weighted by molar-refractivity contribution is 0.0641. The lowest BCUT2D eigenvalue weighted by Crippen LogP contribution is -2.15. The summed E-state index contributed by atoms with van der Waals surface area (Å²) in [5.41, 5.74) is 7.66. The molecule has 14 nitrogen and oxygen atoms in total. The molecule has 0 unspecified atom stereocenters. The highest BCUT2D eigenvalue weighted by Crippen LogP contribution is 2.48. The normalized spacial score (nSPS) is 12.7. The van der Waals surface area contributed by atoms with Crippen LogP contribution in [0.5, 0.6) is 69.0 Å². The van der Waals surface area contributed by atoms with E-state index in [2.05, 4.69) is 152 Å². The fourth-order valence-corrected chi connectivity index (χ4v) is 17.1. The van der Waals surface area contributed by atoms with Gasteiger partial charge in [-0.3, -0.25) is 0 Å². The molecule has 0 aliphatic carbocycles. The van der Waals surface area contributed by atoms with Crippen molar-refractivity contribution in [3.8, 4) is 114 Å². The van der Waals surface area contributed by atoms with Gasteiger partial charge in [0.1, 0.15) is 26.4 Å². The summed E-state index contributed by atoms with van der Waals surface area (Å²) in [6.07, 6.45) is 67.5. The Morgan fingerprint density at radius 1 is 0.162 bits per heavy atom. The first kappa shape index (κ1) is 110. The highest BCUT2D eigenvalue weighted by Gasteiger charge is 2.24. The molecular formula is C116H184O14. The van der Waals surface area contributed by atoms with Crippen LogP contribution in [0.3, 0.4) is 0 Å². The minimum Gasteiger partial charge on any atom is -0.490 e. The number of hydrogen-bond acceptors (Lipinski definition) is 14. The summed E-state index contributed by atoms with van der Waals surface area (Å²) >= 11 is 0. The van der Waals surface area contributed by atoms with Crippen molar-refractivity contribution in [3.63, 3.8) is 0 Å². The quantitative estimate of drug-likeness (QED) is 0.0336. The minimum atomic E-state index is 0.244. The zero-order chi connectivity index (χ0) is 91.7. The zero-order valence-corrected chi connectivity index (χ0v) is 83.9. The number of hydrogen-bond donors (Lipinski definition) is 0. The summed E-state index contributed by atoms with van der Waals surface area (Å²) in [6.45, 7) is 25.3. The average molecular weight is 1800 g/mol. The second kappa shape index (κ2) is 74.2. The van der Waals surface area contributed by atoms with Crippen molar-refractivity contribution in [2.45, 2.75) is 415 Å². The van der Waals surface area contributed by atoms with Crippen molar-refractivity contribution < 1.29 is 66.3 Å². The molecule has 0 atom stereocenters. The van der Waals surface area contributed by atoms with Gasteiger partial charge < -0.3 is 66.3 Å². The van der Waals surface area contributed by atoms with Crippen molar-refractivity contribution in [2.75, 3.05) is 106 Å². The van der Waals surface area contributed by atoms with Gasteiger partial charge in [0.05, 0.1) is 79.3 Å². The van der Waals surface area contributed by atoms with Crippen LogP contribution in [0.15, 0.2) is 97.1 Å². The Bertz CT molecular complexity index is 3280. The third kappa shape index (κ3) is 46.7. The summed E-state index contributed by atoms with van der Waals surface area (Å²) in [6, 6.07) is 34.4. The highest BCUT2D eigenvalue weighted by molar-refractivity contribution is 5.89. The molecule has 0 aromatic heterocycles. The van der Waals surface area contributed by atoms with Gasteiger partial charge in [0.15, 0.2) is 69.0 Å². The fourth-order valence-electron chi connectivity index (χ4n) is 17.1. The van der Waals surface area contributed by atoms with Crippen molar-refractivity contribution in [1.82, 2.24) is 0 Å². The maximum absolute atomic E-state index is 6.93. The Labute approximate surface area is 792 Å². The summed E-state index contributed by atoms with van der Waals surface area (Å²) in [7, 11) is 0. The molecule has 0 bridgehead atoms. The van der Waals surface area contributed by atoms with E-state index in [0.717, 1.165) is 193 Å². The van der Waals surface area contributed by atoms with E-state index in [1.807, 2.05) is 0 Å². The molecule has 0 fully saturated rings. The van der Waals surface area contributed by atoms with Crippen molar-refractivity contribution in [2.24, 2.45) is 0 Å². The van der Waals surface area contributed by atoms with Crippen molar-refractivity contribution >= 4 is 0 Å². The Balaban J connectivity index is 1.26. The third-order valence-electron chi connectivity index (χ3n) is 25.2. The van der Waals surface area contributed by atoms with Crippen LogP contribution in [0.1, 0.15) is 415 Å². The SMILES string of the molecule is CCCCCCCCCOc1ccc(-c2cc3c(cc2-c2ccc(OCCCCCCCCC)c(OCCCCCCCCC)c2)OCCOCCOc2cc(-c4ccc(OCCCCCCCCC)c(OCCCCCCCCC)c4)c(-c4ccc(OCCCCCCCCC)c(OCCCCCCCCC)c4)cc2OCCOCCO3)cc1OCCCCCCCCC. The lowest BCUT2D eigenvalue weighted by Gasteiger charge is -2.21. The third-order valence-corrected chi connectivity index (χ3v) is 25.2. The van der Waals surface area contributed by atoms with E-state index in [1.165, 1.54) is 257 Å². The van der Waals surface area contributed by atoms with Gasteiger partial charge in [0, 0.05) is 0 Å². The second-order valence-electron chi connectivity index (χ2n) is 36.7. The van der Waals surface area contributed by atoms with Crippen LogP contribution in [0.25, 0.3) is 44.5 Å². The van der Waals surface area contributed by atoms with Gasteiger partial charge in [-0.15, -0.1) is 0 Å². The molecule has 1 aliphatic rings. The minimum absolute atomic E-state index is 0.244. The number of fused-ring (bicyclic) bond motifs is 2. The Morgan fingerprint density at radius 2 is 0.308 bits per heavy atom. The predicted molar refractivity (Wildman–Crippen MR) is 546 cm³/mol. The molecule has 6 aromatic rings. The van der Waals surface area contributed by atoms with Crippen molar-refractivity contribution in [3.05, 3.63) is 97.1 Å². The Morgan fingerprint density at radius 3 is 0.469 bits per heavy atom. The van der Waals surface area contributed by atoms with Gasteiger partial charge in [-0.25, -0.2) is 0 Å². The molecule has 14 heteroatoms. The van der Waals surface area contributed by atoms with E-state index in [9.17, 15) is 0 Å². The van der Waals surface area contributed by atoms with Gasteiger partial charge in [-0.1, -0.05) is 388 Å².